The van der Waals surface area contributed by atoms with E-state index < -0.39 is 11.9 Å². The summed E-state index contributed by atoms with van der Waals surface area (Å²) in [5, 5.41) is 0. The van der Waals surface area contributed by atoms with Crippen LogP contribution in [-0.2, 0) is 16.1 Å². The summed E-state index contributed by atoms with van der Waals surface area (Å²) in [7, 11) is 0. The number of esters is 2. The van der Waals surface area contributed by atoms with Crippen LogP contribution in [0.15, 0.2) is 28.7 Å². The van der Waals surface area contributed by atoms with Gasteiger partial charge in [-0.05, 0) is 111 Å². The molecule has 0 saturated carbocycles. The van der Waals surface area contributed by atoms with E-state index in [4.69, 9.17) is 18.9 Å². The Balaban J connectivity index is 2.21. The summed E-state index contributed by atoms with van der Waals surface area (Å²) in [5.41, 5.74) is 6.92. The van der Waals surface area contributed by atoms with Gasteiger partial charge in [0, 0.05) is 5.56 Å². The number of ether oxygens (including phenoxy) is 4. The molecule has 0 aliphatic heterocycles. The van der Waals surface area contributed by atoms with Gasteiger partial charge in [0.2, 0.25) is 0 Å². The summed E-state index contributed by atoms with van der Waals surface area (Å²) in [4.78, 5) is 30.7. The lowest BCUT2D eigenvalue weighted by atomic mass is 9.92. The van der Waals surface area contributed by atoms with Gasteiger partial charge in [0.15, 0.2) is 11.5 Å². The molecule has 0 unspecified atom stereocenters. The summed E-state index contributed by atoms with van der Waals surface area (Å²) in [6.45, 7) is 16.1. The number of aryl methyl sites for hydroxylation is 5. The Morgan fingerprint density at radius 2 is 1.31 bits per heavy atom. The van der Waals surface area contributed by atoms with Crippen LogP contribution in [0.4, 0.5) is 0 Å². The van der Waals surface area contributed by atoms with Gasteiger partial charge in [-0.2, -0.15) is 0 Å². The van der Waals surface area contributed by atoms with Gasteiger partial charge in [-0.15, -0.1) is 0 Å². The van der Waals surface area contributed by atoms with Crippen molar-refractivity contribution in [1.29, 1.82) is 0 Å². The molecule has 208 valence electrons. The zero-order valence-electron chi connectivity index (χ0n) is 23.9. The Morgan fingerprint density at radius 1 is 0.744 bits per heavy atom. The van der Waals surface area contributed by atoms with Gasteiger partial charge in [0.1, 0.15) is 6.61 Å². The number of carbonyl (C=O) groups excluding carboxylic acids is 2. The van der Waals surface area contributed by atoms with E-state index in [1.807, 2.05) is 13.0 Å². The fraction of sp³-hybridized carbons (Fsp3) is 0.387. The van der Waals surface area contributed by atoms with Crippen LogP contribution in [0.25, 0.3) is 11.1 Å². The maximum Gasteiger partial charge on any atom is 0.340 e. The van der Waals surface area contributed by atoms with Crippen LogP contribution in [0.1, 0.15) is 75.1 Å². The molecule has 0 atom stereocenters. The molecule has 0 radical (unpaired) electrons. The second-order valence-corrected chi connectivity index (χ2v) is 10.1. The zero-order chi connectivity index (χ0) is 28.9. The molecule has 39 heavy (non-hydrogen) atoms. The van der Waals surface area contributed by atoms with Crippen LogP contribution >= 0.6 is 15.9 Å². The van der Waals surface area contributed by atoms with E-state index in [-0.39, 0.29) is 24.3 Å². The predicted octanol–water partition coefficient (Wildman–Crippen LogP) is 7.38. The van der Waals surface area contributed by atoms with Crippen molar-refractivity contribution >= 4 is 27.9 Å². The van der Waals surface area contributed by atoms with Gasteiger partial charge in [-0.25, -0.2) is 9.59 Å². The van der Waals surface area contributed by atoms with E-state index >= 15 is 0 Å². The minimum atomic E-state index is -0.567. The monoisotopic (exact) mass is 597 g/mol. The lowest BCUT2D eigenvalue weighted by Gasteiger charge is -2.20. The van der Waals surface area contributed by atoms with Crippen LogP contribution in [-0.4, -0.2) is 36.7 Å². The summed E-state index contributed by atoms with van der Waals surface area (Å²) < 4.78 is 23.6. The molecule has 0 N–H and O–H groups in total. The van der Waals surface area contributed by atoms with Crippen molar-refractivity contribution in [2.45, 2.75) is 62.0 Å². The molecular weight excluding hydrogens is 562 g/mol. The second-order valence-electron chi connectivity index (χ2n) is 9.22. The molecule has 0 bridgehead atoms. The number of hydrogen-bond donors (Lipinski definition) is 0. The molecule has 0 fully saturated rings. The van der Waals surface area contributed by atoms with E-state index in [0.717, 1.165) is 11.1 Å². The number of pyridine rings is 1. The molecule has 0 saturated heterocycles. The molecule has 1 aromatic heterocycles. The molecule has 0 spiro atoms. The Morgan fingerprint density at radius 3 is 1.85 bits per heavy atom. The number of carbonyl (C=O) groups is 2. The highest BCUT2D eigenvalue weighted by Crippen LogP contribution is 2.43. The first kappa shape index (κ1) is 30.2. The minimum absolute atomic E-state index is 0.179. The van der Waals surface area contributed by atoms with E-state index in [9.17, 15) is 9.59 Å². The second kappa shape index (κ2) is 13.1. The first-order valence-electron chi connectivity index (χ1n) is 13.0. The lowest BCUT2D eigenvalue weighted by molar-refractivity contribution is 0.0525. The van der Waals surface area contributed by atoms with Gasteiger partial charge >= 0.3 is 11.9 Å². The van der Waals surface area contributed by atoms with Gasteiger partial charge < -0.3 is 18.9 Å². The number of nitrogens with zero attached hydrogens (tertiary/aromatic N) is 1. The van der Waals surface area contributed by atoms with Crippen molar-refractivity contribution in [2.75, 3.05) is 19.8 Å². The van der Waals surface area contributed by atoms with Crippen molar-refractivity contribution in [3.8, 4) is 22.6 Å². The van der Waals surface area contributed by atoms with Crippen LogP contribution in [0.2, 0.25) is 0 Å². The largest absolute Gasteiger partial charge is 0.490 e. The minimum Gasteiger partial charge on any atom is -0.490 e. The van der Waals surface area contributed by atoms with Gasteiger partial charge in [-0.3, -0.25) is 4.98 Å². The van der Waals surface area contributed by atoms with Gasteiger partial charge in [0.05, 0.1) is 46.8 Å². The zero-order valence-corrected chi connectivity index (χ0v) is 25.5. The average Bonchev–Trinajstić information content (AvgIpc) is 2.86. The molecule has 8 heteroatoms. The SMILES string of the molecule is CCOC(=O)c1c(C)nc(C)c(C(=O)OCC)c1-c1cc(Br)c(OCc2cc(C)c(C)cc2C)c(OCC)c1. The molecule has 7 nitrogen and oxygen atoms in total. The molecule has 3 rings (SSSR count). The Labute approximate surface area is 239 Å². The van der Waals surface area contributed by atoms with Crippen LogP contribution < -0.4 is 9.47 Å². The van der Waals surface area contributed by atoms with Crippen molar-refractivity contribution < 1.29 is 28.5 Å². The Bertz CT molecular complexity index is 1360. The number of hydrogen-bond acceptors (Lipinski definition) is 7. The topological polar surface area (TPSA) is 84.0 Å². The third kappa shape index (κ3) is 6.61. The van der Waals surface area contributed by atoms with Crippen molar-refractivity contribution in [2.24, 2.45) is 0 Å². The summed E-state index contributed by atoms with van der Waals surface area (Å²) in [6, 6.07) is 7.87. The Kier molecular flexibility index (Phi) is 10.1. The van der Waals surface area contributed by atoms with Crippen LogP contribution in [0.3, 0.4) is 0 Å². The molecular formula is C31H36BrNO6. The first-order chi connectivity index (χ1) is 18.5. The molecule has 3 aromatic rings. The van der Waals surface area contributed by atoms with Crippen molar-refractivity contribution in [1.82, 2.24) is 4.98 Å². The summed E-state index contributed by atoms with van der Waals surface area (Å²) in [5.74, 6) is -0.137. The van der Waals surface area contributed by atoms with E-state index in [1.165, 1.54) is 11.1 Å². The Hall–Kier alpha value is -3.39. The normalized spacial score (nSPS) is 10.8. The van der Waals surface area contributed by atoms with E-state index in [0.29, 0.717) is 51.7 Å². The molecule has 1 heterocycles. The molecule has 0 amide bonds. The lowest BCUT2D eigenvalue weighted by Crippen LogP contribution is -2.17. The van der Waals surface area contributed by atoms with E-state index in [2.05, 4.69) is 53.8 Å². The summed E-state index contributed by atoms with van der Waals surface area (Å²) >= 11 is 3.65. The maximum absolute atomic E-state index is 13.1. The number of aromatic nitrogens is 1. The number of halogens is 1. The number of rotatable bonds is 10. The van der Waals surface area contributed by atoms with Gasteiger partial charge in [0.25, 0.3) is 0 Å². The average molecular weight is 599 g/mol. The summed E-state index contributed by atoms with van der Waals surface area (Å²) in [6.07, 6.45) is 0. The number of benzene rings is 2. The highest BCUT2D eigenvalue weighted by atomic mass is 79.9. The fourth-order valence-electron chi connectivity index (χ4n) is 4.49. The van der Waals surface area contributed by atoms with E-state index in [1.54, 1.807) is 33.8 Å². The smallest absolute Gasteiger partial charge is 0.340 e. The fourth-order valence-corrected chi connectivity index (χ4v) is 5.04. The van der Waals surface area contributed by atoms with Crippen molar-refractivity contribution in [3.63, 3.8) is 0 Å². The van der Waals surface area contributed by atoms with Gasteiger partial charge in [-0.1, -0.05) is 12.1 Å². The van der Waals surface area contributed by atoms with Crippen LogP contribution in [0, 0.1) is 34.6 Å². The quantitative estimate of drug-likeness (QED) is 0.225. The van der Waals surface area contributed by atoms with Crippen molar-refractivity contribution in [3.05, 3.63) is 73.5 Å². The standard InChI is InChI=1S/C31H36BrNO6/c1-9-36-25-15-22(14-24(32)29(25)39-16-23-13-18(5)17(4)12-19(23)6)28-26(30(34)37-10-2)20(7)33-21(8)27(28)31(35)38-11-3/h12-15H,9-11,16H2,1-8H3. The predicted molar refractivity (Wildman–Crippen MR) is 155 cm³/mol. The highest BCUT2D eigenvalue weighted by molar-refractivity contribution is 9.10. The maximum atomic E-state index is 13.1. The molecule has 2 aromatic carbocycles. The highest BCUT2D eigenvalue weighted by Gasteiger charge is 2.29. The third-order valence-corrected chi connectivity index (χ3v) is 7.03. The third-order valence-electron chi connectivity index (χ3n) is 6.44. The van der Waals surface area contributed by atoms with Crippen LogP contribution in [0.5, 0.6) is 11.5 Å². The molecule has 0 aliphatic carbocycles. The first-order valence-corrected chi connectivity index (χ1v) is 13.8. The molecule has 0 aliphatic rings.